The van der Waals surface area contributed by atoms with Gasteiger partial charge in [-0.05, 0) is 67.3 Å². The van der Waals surface area contributed by atoms with Gasteiger partial charge in [0, 0.05) is 5.92 Å². The van der Waals surface area contributed by atoms with Crippen molar-refractivity contribution in [2.45, 2.75) is 25.3 Å². The monoisotopic (exact) mass is 500 g/mol. The van der Waals surface area contributed by atoms with E-state index in [2.05, 4.69) is 5.10 Å². The van der Waals surface area contributed by atoms with Crippen molar-refractivity contribution in [3.63, 3.8) is 0 Å². The first kappa shape index (κ1) is 23.0. The minimum absolute atomic E-state index is 0.114. The summed E-state index contributed by atoms with van der Waals surface area (Å²) in [7, 11) is 0. The molecule has 10 heteroatoms. The molecule has 2 unspecified atom stereocenters. The Balaban J connectivity index is 1.39. The molecule has 2 aromatic heterocycles. The van der Waals surface area contributed by atoms with Gasteiger partial charge in [-0.1, -0.05) is 11.6 Å². The van der Waals surface area contributed by atoms with E-state index in [0.717, 1.165) is 30.5 Å². The number of carbonyl (C=O) groups excluding carboxylic acids is 2. The van der Waals surface area contributed by atoms with Crippen LogP contribution in [0.15, 0.2) is 68.4 Å². The van der Waals surface area contributed by atoms with E-state index >= 15 is 0 Å². The second kappa shape index (κ2) is 9.50. The second-order valence-electron chi connectivity index (χ2n) is 8.19. The first-order valence-corrected chi connectivity index (χ1v) is 11.3. The fraction of sp³-hybridized carbons (Fsp3) is 0.240. The number of fused-ring (bicyclic) bond motifs is 1. The van der Waals surface area contributed by atoms with Crippen molar-refractivity contribution < 1.29 is 31.9 Å². The number of hydrogen-bond acceptors (Lipinski definition) is 6. The third-order valence-electron chi connectivity index (χ3n) is 6.01. The van der Waals surface area contributed by atoms with Crippen LogP contribution in [0.25, 0.3) is 6.08 Å². The summed E-state index contributed by atoms with van der Waals surface area (Å²) < 4.78 is 43.0. The topological polar surface area (TPSA) is 85.3 Å². The number of esters is 1. The maximum atomic E-state index is 13.6. The molecule has 1 fully saturated rings. The first-order chi connectivity index (χ1) is 16.9. The normalized spacial score (nSPS) is 20.6. The number of carbonyl (C=O) groups is 2. The molecule has 3 heterocycles. The molecule has 2 atom stereocenters. The summed E-state index contributed by atoms with van der Waals surface area (Å²) in [6, 6.07) is 7.90. The van der Waals surface area contributed by atoms with Gasteiger partial charge >= 0.3 is 5.97 Å². The van der Waals surface area contributed by atoms with Crippen molar-refractivity contribution in [3.8, 4) is 0 Å². The van der Waals surface area contributed by atoms with Gasteiger partial charge in [-0.2, -0.15) is 5.10 Å². The lowest BCUT2D eigenvalue weighted by atomic mass is 9.79. The Kier molecular flexibility index (Phi) is 6.25. The zero-order valence-corrected chi connectivity index (χ0v) is 19.0. The van der Waals surface area contributed by atoms with Gasteiger partial charge in [0.25, 0.3) is 5.91 Å². The lowest BCUT2D eigenvalue weighted by Gasteiger charge is -2.27. The molecule has 35 heavy (non-hydrogen) atoms. The van der Waals surface area contributed by atoms with Crippen LogP contribution in [0.5, 0.6) is 0 Å². The number of nitrogens with zero attached hydrogens (tertiary/aromatic N) is 2. The third-order valence-corrected chi connectivity index (χ3v) is 6.32. The van der Waals surface area contributed by atoms with Gasteiger partial charge in [0.05, 0.1) is 28.8 Å². The van der Waals surface area contributed by atoms with Crippen molar-refractivity contribution in [1.29, 1.82) is 0 Å². The van der Waals surface area contributed by atoms with Crippen LogP contribution >= 0.6 is 11.6 Å². The van der Waals surface area contributed by atoms with Gasteiger partial charge in [0.1, 0.15) is 17.6 Å². The molecule has 7 nitrogen and oxygen atoms in total. The van der Waals surface area contributed by atoms with Crippen LogP contribution in [-0.2, 0) is 9.53 Å². The summed E-state index contributed by atoms with van der Waals surface area (Å²) in [5, 5.41) is 5.55. The predicted molar refractivity (Wildman–Crippen MR) is 121 cm³/mol. The molecule has 1 aromatic carbocycles. The van der Waals surface area contributed by atoms with E-state index in [4.69, 9.17) is 25.2 Å². The van der Waals surface area contributed by atoms with Gasteiger partial charge in [-0.25, -0.2) is 18.6 Å². The maximum Gasteiger partial charge on any atom is 0.340 e. The molecule has 3 aromatic rings. The zero-order chi connectivity index (χ0) is 24.5. The van der Waals surface area contributed by atoms with Gasteiger partial charge in [-0.3, -0.25) is 4.79 Å². The van der Waals surface area contributed by atoms with Gasteiger partial charge in [0.2, 0.25) is 0 Å². The van der Waals surface area contributed by atoms with E-state index in [1.54, 1.807) is 24.5 Å². The Labute approximate surface area is 203 Å². The second-order valence-corrected chi connectivity index (χ2v) is 8.60. The van der Waals surface area contributed by atoms with Crippen molar-refractivity contribution in [3.05, 3.63) is 88.2 Å². The molecule has 2 aliphatic rings. The molecular weight excluding hydrogens is 482 g/mol. The summed E-state index contributed by atoms with van der Waals surface area (Å²) in [6.07, 6.45) is 7.45. The van der Waals surface area contributed by atoms with E-state index in [-0.39, 0.29) is 16.5 Å². The largest absolute Gasteiger partial charge is 0.467 e. The van der Waals surface area contributed by atoms with Gasteiger partial charge in [0.15, 0.2) is 18.2 Å². The molecule has 180 valence electrons. The van der Waals surface area contributed by atoms with Crippen LogP contribution in [0.3, 0.4) is 0 Å². The molecule has 1 aliphatic carbocycles. The SMILES string of the molecule is O=C(OCC(=O)N1N=C2C(=Cc3ccco3)CCCC2C1c1ccco1)c1cc(F)c(F)cc1Cl. The van der Waals surface area contributed by atoms with Crippen LogP contribution in [0, 0.1) is 17.6 Å². The fourth-order valence-corrected chi connectivity index (χ4v) is 4.67. The van der Waals surface area contributed by atoms with Crippen LogP contribution in [0.2, 0.25) is 5.02 Å². The number of rotatable bonds is 5. The number of ether oxygens (including phenoxy) is 1. The highest BCUT2D eigenvalue weighted by atomic mass is 35.5. The smallest absolute Gasteiger partial charge is 0.340 e. The number of furan rings is 2. The Morgan fingerprint density at radius 1 is 1.17 bits per heavy atom. The molecule has 1 saturated carbocycles. The van der Waals surface area contributed by atoms with Crippen molar-refractivity contribution >= 4 is 35.3 Å². The molecule has 0 radical (unpaired) electrons. The number of halogens is 3. The van der Waals surface area contributed by atoms with Gasteiger partial charge < -0.3 is 13.6 Å². The Morgan fingerprint density at radius 3 is 2.69 bits per heavy atom. The standard InChI is InChI=1S/C25H19ClF2N2O5/c26-18-12-20(28)19(27)11-17(18)25(32)35-13-22(31)30-24(21-7-3-9-34-21)16-6-1-4-14(23(16)29-30)10-15-5-2-8-33-15/h2-3,5,7-12,16,24H,1,4,6,13H2. The quantitative estimate of drug-likeness (QED) is 0.327. The van der Waals surface area contributed by atoms with Gasteiger partial charge in [-0.15, -0.1) is 0 Å². The highest BCUT2D eigenvalue weighted by molar-refractivity contribution is 6.33. The highest BCUT2D eigenvalue weighted by Crippen LogP contribution is 2.44. The molecule has 0 saturated heterocycles. The minimum atomic E-state index is -1.25. The van der Waals surface area contributed by atoms with E-state index in [9.17, 15) is 18.4 Å². The van der Waals surface area contributed by atoms with Crippen LogP contribution in [0.1, 0.15) is 47.2 Å². The number of benzene rings is 1. The zero-order valence-electron chi connectivity index (χ0n) is 18.2. The molecule has 0 spiro atoms. The summed E-state index contributed by atoms with van der Waals surface area (Å²) >= 11 is 5.84. The lowest BCUT2D eigenvalue weighted by Crippen LogP contribution is -2.34. The van der Waals surface area contributed by atoms with Crippen LogP contribution < -0.4 is 0 Å². The molecule has 1 amide bonds. The number of allylic oxidation sites excluding steroid dienone is 1. The Morgan fingerprint density at radius 2 is 1.94 bits per heavy atom. The molecular formula is C25H19ClF2N2O5. The number of hydrazone groups is 1. The minimum Gasteiger partial charge on any atom is -0.467 e. The van der Waals surface area contributed by atoms with E-state index < -0.39 is 36.2 Å². The average Bonchev–Trinajstić information content (AvgIpc) is 3.60. The van der Waals surface area contributed by atoms with Crippen molar-refractivity contribution in [2.24, 2.45) is 11.0 Å². The number of amides is 1. The molecule has 0 N–H and O–H groups in total. The molecule has 1 aliphatic heterocycles. The van der Waals surface area contributed by atoms with E-state index in [0.29, 0.717) is 23.7 Å². The Bertz CT molecular complexity index is 1320. The van der Waals surface area contributed by atoms with Crippen molar-refractivity contribution in [1.82, 2.24) is 5.01 Å². The molecule has 5 rings (SSSR count). The van der Waals surface area contributed by atoms with Crippen LogP contribution in [-0.4, -0.2) is 29.2 Å². The molecule has 0 bridgehead atoms. The number of hydrogen-bond donors (Lipinski definition) is 0. The summed E-state index contributed by atoms with van der Waals surface area (Å²) in [5.41, 5.74) is 1.32. The average molecular weight is 501 g/mol. The fourth-order valence-electron chi connectivity index (χ4n) is 4.44. The predicted octanol–water partition coefficient (Wildman–Crippen LogP) is 5.78. The summed E-state index contributed by atoms with van der Waals surface area (Å²) in [6.45, 7) is -0.675. The van der Waals surface area contributed by atoms with E-state index in [1.807, 2.05) is 12.1 Å². The van der Waals surface area contributed by atoms with Crippen LogP contribution in [0.4, 0.5) is 8.78 Å². The highest BCUT2D eigenvalue weighted by Gasteiger charge is 2.45. The lowest BCUT2D eigenvalue weighted by molar-refractivity contribution is -0.137. The summed E-state index contributed by atoms with van der Waals surface area (Å²) in [5.74, 6) is -2.99. The summed E-state index contributed by atoms with van der Waals surface area (Å²) in [4.78, 5) is 25.6. The van der Waals surface area contributed by atoms with E-state index in [1.165, 1.54) is 11.3 Å². The Hall–Kier alpha value is -3.72. The maximum absolute atomic E-state index is 13.6. The first-order valence-electron chi connectivity index (χ1n) is 10.9. The third kappa shape index (κ3) is 4.51. The van der Waals surface area contributed by atoms with Crippen molar-refractivity contribution in [2.75, 3.05) is 6.61 Å².